The summed E-state index contributed by atoms with van der Waals surface area (Å²) in [6.45, 7) is 8.50. The van der Waals surface area contributed by atoms with Gasteiger partial charge < -0.3 is 10.0 Å². The SMILES string of the molecule is CCC(C)(O)CN1CCC(C)(C#N)CC1. The van der Waals surface area contributed by atoms with Crippen LogP contribution in [0.3, 0.4) is 0 Å². The first-order valence-corrected chi connectivity index (χ1v) is 5.77. The van der Waals surface area contributed by atoms with Gasteiger partial charge in [-0.2, -0.15) is 5.26 Å². The highest BCUT2D eigenvalue weighted by Gasteiger charge is 2.32. The number of hydrogen-bond donors (Lipinski definition) is 1. The summed E-state index contributed by atoms with van der Waals surface area (Å²) in [6.07, 6.45) is 2.62. The van der Waals surface area contributed by atoms with Gasteiger partial charge in [-0.3, -0.25) is 0 Å². The maximum absolute atomic E-state index is 9.96. The van der Waals surface area contributed by atoms with Crippen LogP contribution in [-0.4, -0.2) is 35.2 Å². The van der Waals surface area contributed by atoms with Gasteiger partial charge >= 0.3 is 0 Å². The Kier molecular flexibility index (Phi) is 3.75. The van der Waals surface area contributed by atoms with Crippen molar-refractivity contribution in [2.75, 3.05) is 19.6 Å². The predicted octanol–water partition coefficient (Wildman–Crippen LogP) is 1.77. The molecular formula is C12H22N2O. The fraction of sp³-hybridized carbons (Fsp3) is 0.917. The number of aliphatic hydroxyl groups is 1. The molecule has 1 fully saturated rings. The van der Waals surface area contributed by atoms with Gasteiger partial charge in [-0.25, -0.2) is 0 Å². The van der Waals surface area contributed by atoms with Crippen LogP contribution in [-0.2, 0) is 0 Å². The van der Waals surface area contributed by atoms with Gasteiger partial charge in [-0.1, -0.05) is 6.92 Å². The highest BCUT2D eigenvalue weighted by molar-refractivity contribution is 4.99. The first-order valence-electron chi connectivity index (χ1n) is 5.77. The summed E-state index contributed by atoms with van der Waals surface area (Å²) in [7, 11) is 0. The van der Waals surface area contributed by atoms with Gasteiger partial charge in [0.2, 0.25) is 0 Å². The summed E-state index contributed by atoms with van der Waals surface area (Å²) in [5.74, 6) is 0. The third kappa shape index (κ3) is 3.48. The third-order valence-electron chi connectivity index (χ3n) is 3.56. The van der Waals surface area contributed by atoms with E-state index in [9.17, 15) is 5.11 Å². The van der Waals surface area contributed by atoms with Crippen molar-refractivity contribution in [1.29, 1.82) is 5.26 Å². The molecule has 3 heteroatoms. The van der Waals surface area contributed by atoms with E-state index in [1.807, 2.05) is 20.8 Å². The van der Waals surface area contributed by atoms with Crippen LogP contribution >= 0.6 is 0 Å². The number of nitriles is 1. The van der Waals surface area contributed by atoms with Gasteiger partial charge in [0.15, 0.2) is 0 Å². The van der Waals surface area contributed by atoms with E-state index in [1.54, 1.807) is 0 Å². The van der Waals surface area contributed by atoms with E-state index in [-0.39, 0.29) is 5.41 Å². The lowest BCUT2D eigenvalue weighted by Crippen LogP contribution is -2.46. The Morgan fingerprint density at radius 3 is 2.40 bits per heavy atom. The molecule has 0 aromatic carbocycles. The number of piperidine rings is 1. The average Bonchev–Trinajstić information content (AvgIpc) is 2.22. The molecule has 0 amide bonds. The van der Waals surface area contributed by atoms with Gasteiger partial charge in [0, 0.05) is 6.54 Å². The second kappa shape index (κ2) is 4.51. The van der Waals surface area contributed by atoms with Gasteiger partial charge in [-0.15, -0.1) is 0 Å². The number of likely N-dealkylation sites (tertiary alicyclic amines) is 1. The van der Waals surface area contributed by atoms with Crippen LogP contribution in [0.25, 0.3) is 0 Å². The molecule has 1 saturated heterocycles. The van der Waals surface area contributed by atoms with Crippen molar-refractivity contribution in [3.8, 4) is 6.07 Å². The molecule has 1 heterocycles. The quantitative estimate of drug-likeness (QED) is 0.772. The molecule has 0 radical (unpaired) electrons. The predicted molar refractivity (Wildman–Crippen MR) is 60.3 cm³/mol. The van der Waals surface area contributed by atoms with Gasteiger partial charge in [-0.05, 0) is 46.2 Å². The minimum Gasteiger partial charge on any atom is -0.389 e. The van der Waals surface area contributed by atoms with Crippen LogP contribution in [0.2, 0.25) is 0 Å². The minimum absolute atomic E-state index is 0.144. The minimum atomic E-state index is -0.583. The van der Waals surface area contributed by atoms with E-state index >= 15 is 0 Å². The van der Waals surface area contributed by atoms with Crippen molar-refractivity contribution in [3.63, 3.8) is 0 Å². The molecule has 1 aliphatic rings. The third-order valence-corrected chi connectivity index (χ3v) is 3.56. The van der Waals surface area contributed by atoms with Crippen molar-refractivity contribution >= 4 is 0 Å². The van der Waals surface area contributed by atoms with Gasteiger partial charge in [0.25, 0.3) is 0 Å². The molecule has 0 aromatic rings. The Hall–Kier alpha value is -0.590. The number of hydrogen-bond acceptors (Lipinski definition) is 3. The highest BCUT2D eigenvalue weighted by atomic mass is 16.3. The lowest BCUT2D eigenvalue weighted by Gasteiger charge is -2.38. The molecule has 0 aliphatic carbocycles. The topological polar surface area (TPSA) is 47.3 Å². The molecule has 0 saturated carbocycles. The smallest absolute Gasteiger partial charge is 0.0743 e. The second-order valence-electron chi connectivity index (χ2n) is 5.30. The largest absolute Gasteiger partial charge is 0.389 e. The lowest BCUT2D eigenvalue weighted by molar-refractivity contribution is 0.00302. The summed E-state index contributed by atoms with van der Waals surface area (Å²) in [6, 6.07) is 2.39. The molecule has 0 bridgehead atoms. The maximum Gasteiger partial charge on any atom is 0.0743 e. The van der Waals surface area contributed by atoms with Crippen LogP contribution in [0.1, 0.15) is 40.0 Å². The molecule has 0 aromatic heterocycles. The molecule has 86 valence electrons. The molecule has 1 unspecified atom stereocenters. The first kappa shape index (κ1) is 12.5. The molecule has 1 atom stereocenters. The fourth-order valence-electron chi connectivity index (χ4n) is 1.91. The molecule has 1 aliphatic heterocycles. The summed E-state index contributed by atoms with van der Waals surface area (Å²) in [4.78, 5) is 2.27. The zero-order chi connectivity index (χ0) is 11.5. The van der Waals surface area contributed by atoms with E-state index in [2.05, 4.69) is 11.0 Å². The number of rotatable bonds is 3. The number of nitrogens with zero attached hydrogens (tertiary/aromatic N) is 2. The monoisotopic (exact) mass is 210 g/mol. The average molecular weight is 210 g/mol. The highest BCUT2D eigenvalue weighted by Crippen LogP contribution is 2.30. The normalized spacial score (nSPS) is 25.5. The van der Waals surface area contributed by atoms with E-state index < -0.39 is 5.60 Å². The Morgan fingerprint density at radius 2 is 2.00 bits per heavy atom. The van der Waals surface area contributed by atoms with E-state index in [4.69, 9.17) is 5.26 Å². The van der Waals surface area contributed by atoms with Crippen molar-refractivity contribution in [2.24, 2.45) is 5.41 Å². The molecule has 1 rings (SSSR count). The summed E-state index contributed by atoms with van der Waals surface area (Å²) >= 11 is 0. The van der Waals surface area contributed by atoms with Crippen LogP contribution < -0.4 is 0 Å². The van der Waals surface area contributed by atoms with Gasteiger partial charge in [0.1, 0.15) is 0 Å². The van der Waals surface area contributed by atoms with Crippen molar-refractivity contribution < 1.29 is 5.11 Å². The lowest BCUT2D eigenvalue weighted by atomic mass is 9.81. The molecule has 15 heavy (non-hydrogen) atoms. The Balaban J connectivity index is 2.42. The fourth-order valence-corrected chi connectivity index (χ4v) is 1.91. The number of β-amino-alcohol motifs (C(OH)–C–C–N with tert-alkyl or cyclic N) is 1. The van der Waals surface area contributed by atoms with Crippen LogP contribution in [0, 0.1) is 16.7 Å². The summed E-state index contributed by atoms with van der Waals surface area (Å²) in [5, 5.41) is 19.0. The zero-order valence-corrected chi connectivity index (χ0v) is 10.1. The second-order valence-corrected chi connectivity index (χ2v) is 5.30. The van der Waals surface area contributed by atoms with Gasteiger partial charge in [0.05, 0.1) is 17.1 Å². The summed E-state index contributed by atoms with van der Waals surface area (Å²) in [5.41, 5.74) is -0.727. The Labute approximate surface area is 92.7 Å². The van der Waals surface area contributed by atoms with E-state index in [1.165, 1.54) is 0 Å². The zero-order valence-electron chi connectivity index (χ0n) is 10.1. The molecular weight excluding hydrogens is 188 g/mol. The van der Waals surface area contributed by atoms with Crippen LogP contribution in [0.15, 0.2) is 0 Å². The Morgan fingerprint density at radius 1 is 1.47 bits per heavy atom. The van der Waals surface area contributed by atoms with E-state index in [0.717, 1.165) is 38.9 Å². The van der Waals surface area contributed by atoms with Crippen molar-refractivity contribution in [3.05, 3.63) is 0 Å². The van der Waals surface area contributed by atoms with Crippen molar-refractivity contribution in [1.82, 2.24) is 4.90 Å². The van der Waals surface area contributed by atoms with Crippen LogP contribution in [0.5, 0.6) is 0 Å². The van der Waals surface area contributed by atoms with E-state index in [0.29, 0.717) is 0 Å². The first-order chi connectivity index (χ1) is 6.91. The summed E-state index contributed by atoms with van der Waals surface area (Å²) < 4.78 is 0. The molecule has 3 nitrogen and oxygen atoms in total. The standard InChI is InChI=1S/C12H22N2O/c1-4-12(3,15)10-14-7-5-11(2,9-13)6-8-14/h15H,4-8,10H2,1-3H3. The maximum atomic E-state index is 9.96. The molecule has 0 spiro atoms. The molecule has 1 N–H and O–H groups in total. The van der Waals surface area contributed by atoms with Crippen molar-refractivity contribution in [2.45, 2.75) is 45.6 Å². The Bertz CT molecular complexity index is 247. The van der Waals surface area contributed by atoms with Crippen LogP contribution in [0.4, 0.5) is 0 Å².